The van der Waals surface area contributed by atoms with Crippen molar-refractivity contribution in [3.63, 3.8) is 0 Å². The van der Waals surface area contributed by atoms with E-state index in [9.17, 15) is 4.79 Å². The second kappa shape index (κ2) is 5.82. The Hall–Kier alpha value is -1.62. The summed E-state index contributed by atoms with van der Waals surface area (Å²) in [5.41, 5.74) is 2.16. The Morgan fingerprint density at radius 3 is 2.78 bits per heavy atom. The number of fused-ring (bicyclic) bond motifs is 1. The average molecular weight is 261 g/mol. The lowest BCUT2D eigenvalue weighted by Gasteiger charge is -2.10. The molecule has 1 atom stereocenters. The summed E-state index contributed by atoms with van der Waals surface area (Å²) in [7, 11) is 0. The largest absolute Gasteiger partial charge is 0.351 e. The number of rotatable bonds is 4. The summed E-state index contributed by atoms with van der Waals surface area (Å²) in [5.74, 6) is -0.0662. The Kier molecular flexibility index (Phi) is 4.15. The second-order valence-corrected chi connectivity index (χ2v) is 5.29. The summed E-state index contributed by atoms with van der Waals surface area (Å²) in [5, 5.41) is 3.32. The first-order valence-electron chi connectivity index (χ1n) is 5.72. The molecule has 18 heavy (non-hydrogen) atoms. The first-order chi connectivity index (χ1) is 8.70. The van der Waals surface area contributed by atoms with Crippen molar-refractivity contribution < 1.29 is 4.79 Å². The van der Waals surface area contributed by atoms with Gasteiger partial charge in [0.2, 0.25) is 0 Å². The van der Waals surface area contributed by atoms with E-state index in [1.165, 1.54) is 0 Å². The minimum Gasteiger partial charge on any atom is -0.351 e. The highest BCUT2D eigenvalue weighted by Crippen LogP contribution is 2.11. The molecule has 1 aromatic carbocycles. The van der Waals surface area contributed by atoms with Crippen LogP contribution in [0.1, 0.15) is 17.3 Å². The molecular weight excluding hydrogens is 246 g/mol. The van der Waals surface area contributed by atoms with Crippen LogP contribution in [-0.4, -0.2) is 33.9 Å². The molecule has 0 aliphatic carbocycles. The molecule has 2 aromatic rings. The van der Waals surface area contributed by atoms with Crippen LogP contribution in [0.2, 0.25) is 0 Å². The van der Waals surface area contributed by atoms with E-state index in [4.69, 9.17) is 0 Å². The summed E-state index contributed by atoms with van der Waals surface area (Å²) in [6.45, 7) is 2.75. The number of nitrogens with one attached hydrogen (secondary N) is 1. The molecule has 0 spiro atoms. The van der Waals surface area contributed by atoms with E-state index >= 15 is 0 Å². The molecule has 0 aliphatic heterocycles. The molecule has 94 valence electrons. The van der Waals surface area contributed by atoms with Crippen molar-refractivity contribution >= 4 is 28.7 Å². The van der Waals surface area contributed by atoms with Crippen LogP contribution in [-0.2, 0) is 0 Å². The first kappa shape index (κ1) is 12.8. The molecule has 1 amide bonds. The molecule has 0 unspecified atom stereocenters. The van der Waals surface area contributed by atoms with E-state index in [-0.39, 0.29) is 5.91 Å². The predicted octanol–water partition coefficient (Wildman–Crippen LogP) is 2.11. The van der Waals surface area contributed by atoms with Crippen molar-refractivity contribution in [1.82, 2.24) is 15.3 Å². The Morgan fingerprint density at radius 2 is 2.06 bits per heavy atom. The third-order valence-corrected chi connectivity index (χ3v) is 3.66. The minimum atomic E-state index is -0.0662. The van der Waals surface area contributed by atoms with Gasteiger partial charge in [-0.3, -0.25) is 14.8 Å². The molecule has 1 aromatic heterocycles. The third-order valence-electron chi connectivity index (χ3n) is 2.68. The Morgan fingerprint density at radius 1 is 1.33 bits per heavy atom. The summed E-state index contributed by atoms with van der Waals surface area (Å²) in [6, 6.07) is 5.35. The Balaban J connectivity index is 2.13. The van der Waals surface area contributed by atoms with Crippen LogP contribution in [0.15, 0.2) is 30.6 Å². The van der Waals surface area contributed by atoms with Crippen molar-refractivity contribution in [2.75, 3.05) is 12.8 Å². The highest BCUT2D eigenvalue weighted by Gasteiger charge is 2.08. The minimum absolute atomic E-state index is 0.0662. The molecule has 0 fully saturated rings. The summed E-state index contributed by atoms with van der Waals surface area (Å²) >= 11 is 1.73. The van der Waals surface area contributed by atoms with E-state index in [0.29, 0.717) is 17.4 Å². The normalized spacial score (nSPS) is 12.3. The van der Waals surface area contributed by atoms with Crippen molar-refractivity contribution in [1.29, 1.82) is 0 Å². The maximum absolute atomic E-state index is 11.9. The van der Waals surface area contributed by atoms with E-state index in [0.717, 1.165) is 11.0 Å². The Bertz CT molecular complexity index is 559. The van der Waals surface area contributed by atoms with Crippen molar-refractivity contribution in [2.24, 2.45) is 0 Å². The number of nitrogens with zero attached hydrogens (tertiary/aromatic N) is 2. The number of thioether (sulfide) groups is 1. The highest BCUT2D eigenvalue weighted by molar-refractivity contribution is 7.99. The van der Waals surface area contributed by atoms with Gasteiger partial charge >= 0.3 is 0 Å². The van der Waals surface area contributed by atoms with Gasteiger partial charge in [-0.1, -0.05) is 6.92 Å². The zero-order valence-corrected chi connectivity index (χ0v) is 11.2. The number of aromatic nitrogens is 2. The number of carbonyl (C=O) groups excluding carboxylic acids is 1. The van der Waals surface area contributed by atoms with E-state index in [1.807, 2.05) is 12.3 Å². The third kappa shape index (κ3) is 2.98. The van der Waals surface area contributed by atoms with Crippen LogP contribution in [0.25, 0.3) is 11.0 Å². The smallest absolute Gasteiger partial charge is 0.251 e. The molecule has 1 heterocycles. The molecule has 4 nitrogen and oxygen atoms in total. The van der Waals surface area contributed by atoms with E-state index < -0.39 is 0 Å². The molecule has 0 saturated carbocycles. The molecule has 0 bridgehead atoms. The Labute approximate surface area is 110 Å². The lowest BCUT2D eigenvalue weighted by molar-refractivity contribution is 0.0954. The average Bonchev–Trinajstić information content (AvgIpc) is 2.43. The van der Waals surface area contributed by atoms with Gasteiger partial charge in [0.25, 0.3) is 5.91 Å². The topological polar surface area (TPSA) is 54.9 Å². The van der Waals surface area contributed by atoms with Gasteiger partial charge in [0.1, 0.15) is 0 Å². The van der Waals surface area contributed by atoms with Crippen LogP contribution in [0.4, 0.5) is 0 Å². The van der Waals surface area contributed by atoms with Gasteiger partial charge in [-0.15, -0.1) is 0 Å². The SMILES string of the molecule is CS[C@H](C)CNC(=O)c1ccc2nccnc2c1. The summed E-state index contributed by atoms with van der Waals surface area (Å²) in [4.78, 5) is 20.3. The number of benzene rings is 1. The number of hydrogen-bond acceptors (Lipinski definition) is 4. The molecule has 0 aliphatic rings. The van der Waals surface area contributed by atoms with Crippen molar-refractivity contribution in [3.05, 3.63) is 36.2 Å². The monoisotopic (exact) mass is 261 g/mol. The van der Waals surface area contributed by atoms with Crippen LogP contribution in [0.5, 0.6) is 0 Å². The summed E-state index contributed by atoms with van der Waals surface area (Å²) in [6.07, 6.45) is 5.30. The van der Waals surface area contributed by atoms with Crippen LogP contribution >= 0.6 is 11.8 Å². The van der Waals surface area contributed by atoms with Gasteiger partial charge in [-0.05, 0) is 24.5 Å². The maximum Gasteiger partial charge on any atom is 0.251 e. The zero-order chi connectivity index (χ0) is 13.0. The summed E-state index contributed by atoms with van der Waals surface area (Å²) < 4.78 is 0. The van der Waals surface area contributed by atoms with Gasteiger partial charge in [0.15, 0.2) is 0 Å². The number of hydrogen-bond donors (Lipinski definition) is 1. The van der Waals surface area contributed by atoms with Gasteiger partial charge < -0.3 is 5.32 Å². The molecule has 0 saturated heterocycles. The molecule has 5 heteroatoms. The van der Waals surface area contributed by atoms with Gasteiger partial charge in [0, 0.05) is 29.8 Å². The standard InChI is InChI=1S/C13H15N3OS/c1-9(18-2)8-16-13(17)10-3-4-11-12(7-10)15-6-5-14-11/h3-7,9H,8H2,1-2H3,(H,16,17)/t9-/m1/s1. The molecular formula is C13H15N3OS. The van der Waals surface area contributed by atoms with Crippen LogP contribution in [0.3, 0.4) is 0 Å². The van der Waals surface area contributed by atoms with Gasteiger partial charge in [-0.25, -0.2) is 0 Å². The van der Waals surface area contributed by atoms with E-state index in [2.05, 4.69) is 22.2 Å². The van der Waals surface area contributed by atoms with Gasteiger partial charge in [0.05, 0.1) is 11.0 Å². The van der Waals surface area contributed by atoms with E-state index in [1.54, 1.807) is 36.3 Å². The van der Waals surface area contributed by atoms with Crippen molar-refractivity contribution in [3.8, 4) is 0 Å². The fourth-order valence-corrected chi connectivity index (χ4v) is 1.78. The van der Waals surface area contributed by atoms with Crippen LogP contribution in [0, 0.1) is 0 Å². The fraction of sp³-hybridized carbons (Fsp3) is 0.308. The molecule has 2 rings (SSSR count). The first-order valence-corrected chi connectivity index (χ1v) is 7.01. The predicted molar refractivity (Wildman–Crippen MR) is 74.8 cm³/mol. The maximum atomic E-state index is 11.9. The molecule has 1 N–H and O–H groups in total. The number of amides is 1. The zero-order valence-electron chi connectivity index (χ0n) is 10.4. The molecule has 0 radical (unpaired) electrons. The van der Waals surface area contributed by atoms with Gasteiger partial charge in [-0.2, -0.15) is 11.8 Å². The fourth-order valence-electron chi connectivity index (χ4n) is 1.53. The second-order valence-electron chi connectivity index (χ2n) is 4.02. The number of carbonyl (C=O) groups is 1. The highest BCUT2D eigenvalue weighted by atomic mass is 32.2. The van der Waals surface area contributed by atoms with Crippen LogP contribution < -0.4 is 5.32 Å². The lowest BCUT2D eigenvalue weighted by atomic mass is 10.2. The van der Waals surface area contributed by atoms with Crippen molar-refractivity contribution in [2.45, 2.75) is 12.2 Å². The quantitative estimate of drug-likeness (QED) is 0.916. The lowest BCUT2D eigenvalue weighted by Crippen LogP contribution is -2.29.